The summed E-state index contributed by atoms with van der Waals surface area (Å²) in [6.45, 7) is 0. The Bertz CT molecular complexity index is 1130. The van der Waals surface area contributed by atoms with Gasteiger partial charge in [0.25, 0.3) is 5.91 Å². The van der Waals surface area contributed by atoms with E-state index in [1.165, 1.54) is 0 Å². The second kappa shape index (κ2) is 6.60. The average molecular weight is 345 g/mol. The summed E-state index contributed by atoms with van der Waals surface area (Å²) in [6, 6.07) is 21.9. The highest BCUT2D eigenvalue weighted by Crippen LogP contribution is 2.23. The maximum Gasteiger partial charge on any atom is 0.417 e. The number of fused-ring (bicyclic) bond motifs is 1. The van der Waals surface area contributed by atoms with Crippen LogP contribution in [0.3, 0.4) is 0 Å². The third kappa shape index (κ3) is 3.21. The number of benzene rings is 3. The van der Waals surface area contributed by atoms with Gasteiger partial charge in [-0.1, -0.05) is 30.3 Å². The topological polar surface area (TPSA) is 87.1 Å². The highest BCUT2D eigenvalue weighted by molar-refractivity contribution is 6.08. The number of amides is 1. The number of oxazole rings is 1. The molecule has 0 saturated carbocycles. The number of carbonyl (C=O) groups is 1. The molecule has 1 amide bonds. The maximum absolute atomic E-state index is 12.7. The standard InChI is InChI=1S/C20H15N3O3/c24-19(22-14-10-11-18-17(12-14)23-20(25)26-18)15-8-4-5-9-16(15)21-13-6-2-1-3-7-13/h1-12,21H,(H,22,24)(H,23,25). The Hall–Kier alpha value is -3.80. The number of aromatic nitrogens is 1. The van der Waals surface area contributed by atoms with Gasteiger partial charge in [-0.25, -0.2) is 4.79 Å². The van der Waals surface area contributed by atoms with Crippen LogP contribution in [-0.2, 0) is 0 Å². The molecule has 0 aliphatic rings. The van der Waals surface area contributed by atoms with Crippen LogP contribution in [0.15, 0.2) is 82.0 Å². The minimum absolute atomic E-state index is 0.255. The molecule has 4 rings (SSSR count). The molecule has 0 atom stereocenters. The third-order valence-electron chi connectivity index (χ3n) is 3.90. The lowest BCUT2D eigenvalue weighted by Gasteiger charge is -2.12. The van der Waals surface area contributed by atoms with Gasteiger partial charge in [-0.05, 0) is 42.5 Å². The van der Waals surface area contributed by atoms with Gasteiger partial charge in [0, 0.05) is 11.4 Å². The van der Waals surface area contributed by atoms with Gasteiger partial charge in [0.1, 0.15) is 0 Å². The van der Waals surface area contributed by atoms with Crippen LogP contribution in [0.5, 0.6) is 0 Å². The Labute approximate surface area is 148 Å². The van der Waals surface area contributed by atoms with Crippen molar-refractivity contribution in [3.63, 3.8) is 0 Å². The molecule has 1 aromatic heterocycles. The van der Waals surface area contributed by atoms with Gasteiger partial charge in [-0.2, -0.15) is 0 Å². The van der Waals surface area contributed by atoms with Crippen molar-refractivity contribution in [2.24, 2.45) is 0 Å². The molecule has 1 heterocycles. The van der Waals surface area contributed by atoms with E-state index < -0.39 is 5.76 Å². The molecule has 0 radical (unpaired) electrons. The molecular formula is C20H15N3O3. The molecule has 6 heteroatoms. The van der Waals surface area contributed by atoms with Crippen molar-refractivity contribution in [2.75, 3.05) is 10.6 Å². The lowest BCUT2D eigenvalue weighted by atomic mass is 10.1. The van der Waals surface area contributed by atoms with Crippen molar-refractivity contribution in [3.8, 4) is 0 Å². The number of rotatable bonds is 4. The monoisotopic (exact) mass is 345 g/mol. The van der Waals surface area contributed by atoms with E-state index in [0.717, 1.165) is 5.69 Å². The van der Waals surface area contributed by atoms with Gasteiger partial charge < -0.3 is 15.1 Å². The van der Waals surface area contributed by atoms with Crippen molar-refractivity contribution >= 4 is 34.1 Å². The molecule has 3 N–H and O–H groups in total. The molecule has 0 fully saturated rings. The number of H-pyrrole nitrogens is 1. The first-order valence-corrected chi connectivity index (χ1v) is 8.04. The molecule has 4 aromatic rings. The molecule has 6 nitrogen and oxygen atoms in total. The molecule has 128 valence electrons. The van der Waals surface area contributed by atoms with E-state index in [1.807, 2.05) is 48.5 Å². The zero-order valence-electron chi connectivity index (χ0n) is 13.7. The third-order valence-corrected chi connectivity index (χ3v) is 3.90. The summed E-state index contributed by atoms with van der Waals surface area (Å²) in [5.74, 6) is -0.782. The molecule has 0 spiro atoms. The van der Waals surface area contributed by atoms with Crippen molar-refractivity contribution in [2.45, 2.75) is 0 Å². The van der Waals surface area contributed by atoms with Gasteiger partial charge >= 0.3 is 5.76 Å². The van der Waals surface area contributed by atoms with Gasteiger partial charge in [0.2, 0.25) is 0 Å². The molecule has 3 aromatic carbocycles. The fourth-order valence-corrected chi connectivity index (χ4v) is 2.70. The molecular weight excluding hydrogens is 330 g/mol. The lowest BCUT2D eigenvalue weighted by molar-refractivity contribution is 0.102. The van der Waals surface area contributed by atoms with Crippen LogP contribution in [0.25, 0.3) is 11.1 Å². The molecule has 0 saturated heterocycles. The van der Waals surface area contributed by atoms with E-state index in [0.29, 0.717) is 28.0 Å². The van der Waals surface area contributed by atoms with Crippen LogP contribution in [0.1, 0.15) is 10.4 Å². The number of aromatic amines is 1. The number of para-hydroxylation sites is 2. The fraction of sp³-hybridized carbons (Fsp3) is 0. The van der Waals surface area contributed by atoms with Crippen molar-refractivity contribution in [1.82, 2.24) is 4.98 Å². The molecule has 26 heavy (non-hydrogen) atoms. The fourth-order valence-electron chi connectivity index (χ4n) is 2.70. The van der Waals surface area contributed by atoms with E-state index in [4.69, 9.17) is 4.42 Å². The zero-order valence-corrected chi connectivity index (χ0v) is 13.7. The summed E-state index contributed by atoms with van der Waals surface area (Å²) in [5, 5.41) is 6.09. The lowest BCUT2D eigenvalue weighted by Crippen LogP contribution is -2.13. The number of nitrogens with one attached hydrogen (secondary N) is 3. The largest absolute Gasteiger partial charge is 0.417 e. The van der Waals surface area contributed by atoms with Crippen LogP contribution < -0.4 is 16.4 Å². The summed E-state index contributed by atoms with van der Waals surface area (Å²) >= 11 is 0. The summed E-state index contributed by atoms with van der Waals surface area (Å²) in [6.07, 6.45) is 0. The Kier molecular flexibility index (Phi) is 3.99. The predicted octanol–water partition coefficient (Wildman–Crippen LogP) is 4.12. The van der Waals surface area contributed by atoms with E-state index >= 15 is 0 Å². The Morgan fingerprint density at radius 1 is 0.885 bits per heavy atom. The highest BCUT2D eigenvalue weighted by atomic mass is 16.4. The van der Waals surface area contributed by atoms with Crippen molar-refractivity contribution < 1.29 is 9.21 Å². The van der Waals surface area contributed by atoms with E-state index in [1.54, 1.807) is 24.3 Å². The second-order valence-electron chi connectivity index (χ2n) is 5.72. The van der Waals surface area contributed by atoms with Crippen molar-refractivity contribution in [3.05, 3.63) is 88.9 Å². The van der Waals surface area contributed by atoms with Gasteiger partial charge in [-0.3, -0.25) is 9.78 Å². The quantitative estimate of drug-likeness (QED) is 0.519. The van der Waals surface area contributed by atoms with Crippen LogP contribution in [0.2, 0.25) is 0 Å². The molecule has 0 aliphatic carbocycles. The SMILES string of the molecule is O=C(Nc1ccc2oc(=O)[nH]c2c1)c1ccccc1Nc1ccccc1. The number of hydrogen-bond donors (Lipinski definition) is 3. The summed E-state index contributed by atoms with van der Waals surface area (Å²) in [4.78, 5) is 26.5. The molecule has 0 aliphatic heterocycles. The van der Waals surface area contributed by atoms with Crippen LogP contribution in [0, 0.1) is 0 Å². The van der Waals surface area contributed by atoms with E-state index in [9.17, 15) is 9.59 Å². The van der Waals surface area contributed by atoms with Crippen LogP contribution >= 0.6 is 0 Å². The minimum atomic E-state index is -0.527. The van der Waals surface area contributed by atoms with Gasteiger partial charge in [0.15, 0.2) is 5.58 Å². The van der Waals surface area contributed by atoms with E-state index in [2.05, 4.69) is 15.6 Å². The predicted molar refractivity (Wildman–Crippen MR) is 101 cm³/mol. The maximum atomic E-state index is 12.7. The number of carbonyl (C=O) groups excluding carboxylic acids is 1. The zero-order chi connectivity index (χ0) is 17.9. The smallest absolute Gasteiger partial charge is 0.408 e. The van der Waals surface area contributed by atoms with Crippen LogP contribution in [0.4, 0.5) is 17.1 Å². The average Bonchev–Trinajstić information content (AvgIpc) is 3.02. The van der Waals surface area contributed by atoms with Crippen molar-refractivity contribution in [1.29, 1.82) is 0 Å². The molecule has 0 unspecified atom stereocenters. The Balaban J connectivity index is 1.60. The second-order valence-corrected chi connectivity index (χ2v) is 5.72. The molecule has 0 bridgehead atoms. The Morgan fingerprint density at radius 3 is 2.50 bits per heavy atom. The summed E-state index contributed by atoms with van der Waals surface area (Å²) in [5.41, 5.74) is 3.65. The van der Waals surface area contributed by atoms with Crippen LogP contribution in [-0.4, -0.2) is 10.9 Å². The summed E-state index contributed by atoms with van der Waals surface area (Å²) < 4.78 is 4.96. The van der Waals surface area contributed by atoms with Gasteiger partial charge in [0.05, 0.1) is 16.8 Å². The normalized spacial score (nSPS) is 10.6. The number of anilines is 3. The Morgan fingerprint density at radius 2 is 1.65 bits per heavy atom. The van der Waals surface area contributed by atoms with Gasteiger partial charge in [-0.15, -0.1) is 0 Å². The van der Waals surface area contributed by atoms with E-state index in [-0.39, 0.29) is 5.91 Å². The summed E-state index contributed by atoms with van der Waals surface area (Å²) in [7, 11) is 0. The first-order chi connectivity index (χ1) is 12.7. The highest BCUT2D eigenvalue weighted by Gasteiger charge is 2.12. The number of hydrogen-bond acceptors (Lipinski definition) is 4. The first-order valence-electron chi connectivity index (χ1n) is 8.04. The minimum Gasteiger partial charge on any atom is -0.408 e. The first kappa shape index (κ1) is 15.7.